The minimum atomic E-state index is -5.62. The molecule has 0 aromatic carbocycles. The van der Waals surface area contributed by atoms with Gasteiger partial charge in [-0.15, -0.1) is 0 Å². The lowest BCUT2D eigenvalue weighted by atomic mass is 9.88. The minimum absolute atomic E-state index is 0.0870. The zero-order valence-corrected chi connectivity index (χ0v) is 10.1. The summed E-state index contributed by atoms with van der Waals surface area (Å²) < 4.78 is 58.3. The van der Waals surface area contributed by atoms with Crippen LogP contribution < -0.4 is 0 Å². The molecule has 0 amide bonds. The number of esters is 1. The second-order valence-corrected chi connectivity index (χ2v) is 5.60. The summed E-state index contributed by atoms with van der Waals surface area (Å²) in [7, 11) is -5.62. The highest BCUT2D eigenvalue weighted by molar-refractivity contribution is 7.86. The van der Waals surface area contributed by atoms with E-state index < -0.39 is 33.9 Å². The van der Waals surface area contributed by atoms with Gasteiger partial charge in [0.25, 0.3) is 0 Å². The molecule has 1 atom stereocenters. The van der Waals surface area contributed by atoms with E-state index in [1.807, 2.05) is 0 Å². The van der Waals surface area contributed by atoms with Crippen molar-refractivity contribution in [2.75, 3.05) is 6.61 Å². The average molecular weight is 286 g/mol. The second-order valence-electron chi connectivity index (χ2n) is 4.05. The van der Waals surface area contributed by atoms with Crippen LogP contribution in [0.4, 0.5) is 8.78 Å². The number of hydrogen-bond acceptors (Lipinski definition) is 5. The summed E-state index contributed by atoms with van der Waals surface area (Å²) in [5.41, 5.74) is 0. The maximum absolute atomic E-state index is 12.8. The molecule has 1 rings (SSSR count). The Morgan fingerprint density at radius 3 is 2.61 bits per heavy atom. The molecule has 0 radical (unpaired) electrons. The number of ether oxygens (including phenoxy) is 1. The number of Topliss-reactive ketones (excluding diaryl/α,β-unsaturated/α-hetero) is 1. The van der Waals surface area contributed by atoms with Gasteiger partial charge in [0.05, 0.1) is 5.92 Å². The van der Waals surface area contributed by atoms with E-state index in [4.69, 9.17) is 4.55 Å². The van der Waals surface area contributed by atoms with Gasteiger partial charge in [-0.3, -0.25) is 14.1 Å². The topological polar surface area (TPSA) is 97.7 Å². The van der Waals surface area contributed by atoms with Gasteiger partial charge in [-0.25, -0.2) is 0 Å². The molecular formula is C9H12F2O6S. The number of hydrogen-bond donors (Lipinski definition) is 1. The molecule has 6 nitrogen and oxygen atoms in total. The summed E-state index contributed by atoms with van der Waals surface area (Å²) in [6.07, 6.45) is 1.05. The third-order valence-electron chi connectivity index (χ3n) is 2.58. The summed E-state index contributed by atoms with van der Waals surface area (Å²) >= 11 is 0. The van der Waals surface area contributed by atoms with Crippen LogP contribution in [0.1, 0.15) is 25.7 Å². The van der Waals surface area contributed by atoms with E-state index >= 15 is 0 Å². The Hall–Kier alpha value is -1.09. The lowest BCUT2D eigenvalue weighted by Gasteiger charge is -2.20. The molecule has 1 saturated carbocycles. The third kappa shape index (κ3) is 3.70. The van der Waals surface area contributed by atoms with Crippen LogP contribution in [0.5, 0.6) is 0 Å². The Bertz CT molecular complexity index is 444. The van der Waals surface area contributed by atoms with Crippen LogP contribution in [-0.2, 0) is 24.4 Å². The van der Waals surface area contributed by atoms with Crippen molar-refractivity contribution in [2.24, 2.45) is 5.92 Å². The van der Waals surface area contributed by atoms with Crippen molar-refractivity contribution in [2.45, 2.75) is 30.9 Å². The molecule has 0 aromatic rings. The molecule has 1 aliphatic carbocycles. The van der Waals surface area contributed by atoms with Crippen LogP contribution in [0.25, 0.3) is 0 Å². The fraction of sp³-hybridized carbons (Fsp3) is 0.778. The Morgan fingerprint density at radius 1 is 1.50 bits per heavy atom. The molecule has 1 aliphatic rings. The zero-order chi connectivity index (χ0) is 14.0. The fourth-order valence-corrected chi connectivity index (χ4v) is 1.78. The Balaban J connectivity index is 2.54. The molecule has 1 unspecified atom stereocenters. The number of halogens is 2. The molecule has 1 fully saturated rings. The predicted octanol–water partition coefficient (Wildman–Crippen LogP) is 0.770. The lowest BCUT2D eigenvalue weighted by molar-refractivity contribution is -0.157. The normalized spacial score (nSPS) is 21.7. The number of ketones is 1. The highest BCUT2D eigenvalue weighted by atomic mass is 32.2. The lowest BCUT2D eigenvalue weighted by Crippen LogP contribution is -2.36. The molecule has 104 valence electrons. The Labute approximate surface area is 102 Å². The van der Waals surface area contributed by atoms with Crippen LogP contribution >= 0.6 is 0 Å². The van der Waals surface area contributed by atoms with Gasteiger partial charge >= 0.3 is 21.3 Å². The highest BCUT2D eigenvalue weighted by Crippen LogP contribution is 2.25. The first kappa shape index (κ1) is 15.0. The smallest absolute Gasteiger partial charge is 0.402 e. The van der Waals surface area contributed by atoms with Crippen molar-refractivity contribution in [1.29, 1.82) is 0 Å². The molecule has 0 heterocycles. The molecule has 1 N–H and O–H groups in total. The van der Waals surface area contributed by atoms with E-state index in [2.05, 4.69) is 4.74 Å². The zero-order valence-electron chi connectivity index (χ0n) is 9.27. The molecule has 0 aliphatic heterocycles. The molecule has 0 spiro atoms. The van der Waals surface area contributed by atoms with Gasteiger partial charge in [0.1, 0.15) is 5.78 Å². The van der Waals surface area contributed by atoms with Crippen molar-refractivity contribution >= 4 is 21.9 Å². The van der Waals surface area contributed by atoms with Gasteiger partial charge in [-0.05, 0) is 12.8 Å². The van der Waals surface area contributed by atoms with Crippen molar-refractivity contribution in [3.05, 3.63) is 0 Å². The van der Waals surface area contributed by atoms with E-state index in [1.54, 1.807) is 0 Å². The number of carbonyl (C=O) groups is 2. The maximum Gasteiger partial charge on any atom is 0.402 e. The molecule has 0 saturated heterocycles. The van der Waals surface area contributed by atoms with E-state index in [-0.39, 0.29) is 12.2 Å². The minimum Gasteiger partial charge on any atom is -0.458 e. The van der Waals surface area contributed by atoms with E-state index in [0.29, 0.717) is 19.3 Å². The summed E-state index contributed by atoms with van der Waals surface area (Å²) in [6, 6.07) is 0. The second kappa shape index (κ2) is 5.27. The monoisotopic (exact) mass is 286 g/mol. The van der Waals surface area contributed by atoms with Crippen molar-refractivity contribution in [3.8, 4) is 0 Å². The van der Waals surface area contributed by atoms with Crippen molar-refractivity contribution < 1.29 is 36.1 Å². The standard InChI is InChI=1S/C9H12F2O6S/c10-9(11,18(14,15)16)5-17-8(13)6-2-1-3-7(12)4-6/h6H,1-5H2,(H,14,15,16). The van der Waals surface area contributed by atoms with Gasteiger partial charge in [0.2, 0.25) is 0 Å². The van der Waals surface area contributed by atoms with Crippen molar-refractivity contribution in [1.82, 2.24) is 0 Å². The summed E-state index contributed by atoms with van der Waals surface area (Å²) in [5.74, 6) is -2.03. The van der Waals surface area contributed by atoms with Gasteiger partial charge < -0.3 is 4.74 Å². The Morgan fingerprint density at radius 2 is 2.11 bits per heavy atom. The number of carbonyl (C=O) groups excluding carboxylic acids is 2. The van der Waals surface area contributed by atoms with Crippen LogP contribution in [0.15, 0.2) is 0 Å². The highest BCUT2D eigenvalue weighted by Gasteiger charge is 2.46. The first-order valence-electron chi connectivity index (χ1n) is 5.16. The van der Waals surface area contributed by atoms with Gasteiger partial charge in [0, 0.05) is 12.8 Å². The Kier molecular flexibility index (Phi) is 4.38. The first-order valence-corrected chi connectivity index (χ1v) is 6.60. The molecule has 0 bridgehead atoms. The van der Waals surface area contributed by atoms with Gasteiger partial charge in [-0.2, -0.15) is 17.2 Å². The van der Waals surface area contributed by atoms with Crippen LogP contribution in [0, 0.1) is 5.92 Å². The average Bonchev–Trinajstić information content (AvgIpc) is 2.24. The maximum atomic E-state index is 12.8. The van der Waals surface area contributed by atoms with Crippen LogP contribution in [0.3, 0.4) is 0 Å². The number of rotatable bonds is 4. The summed E-state index contributed by atoms with van der Waals surface area (Å²) in [6.45, 7) is -1.75. The SMILES string of the molecule is O=C1CCCC(C(=O)OCC(F)(F)S(=O)(=O)O)C1. The summed E-state index contributed by atoms with van der Waals surface area (Å²) in [5, 5.41) is -4.54. The van der Waals surface area contributed by atoms with Crippen LogP contribution in [-0.4, -0.2) is 36.6 Å². The molecular weight excluding hydrogens is 274 g/mol. The van der Waals surface area contributed by atoms with E-state index in [1.165, 1.54) is 0 Å². The summed E-state index contributed by atoms with van der Waals surface area (Å²) in [4.78, 5) is 22.4. The number of alkyl halides is 2. The fourth-order valence-electron chi connectivity index (χ4n) is 1.57. The van der Waals surface area contributed by atoms with Crippen LogP contribution in [0.2, 0.25) is 0 Å². The van der Waals surface area contributed by atoms with Gasteiger partial charge in [-0.1, -0.05) is 0 Å². The first-order chi connectivity index (χ1) is 8.13. The largest absolute Gasteiger partial charge is 0.458 e. The van der Waals surface area contributed by atoms with E-state index in [0.717, 1.165) is 0 Å². The molecule has 9 heteroatoms. The van der Waals surface area contributed by atoms with Gasteiger partial charge in [0.15, 0.2) is 6.61 Å². The predicted molar refractivity (Wildman–Crippen MR) is 54.4 cm³/mol. The van der Waals surface area contributed by atoms with E-state index in [9.17, 15) is 26.8 Å². The molecule has 0 aromatic heterocycles. The van der Waals surface area contributed by atoms with Crippen molar-refractivity contribution in [3.63, 3.8) is 0 Å². The molecule has 18 heavy (non-hydrogen) atoms. The third-order valence-corrected chi connectivity index (χ3v) is 3.45. The quantitative estimate of drug-likeness (QED) is 0.605.